The van der Waals surface area contributed by atoms with Crippen molar-refractivity contribution >= 4 is 40.9 Å². The molecule has 0 saturated carbocycles. The first-order chi connectivity index (χ1) is 23.2. The fraction of sp³-hybridized carbons (Fsp3) is 0.513. The first-order valence-electron chi connectivity index (χ1n) is 17.4. The Hall–Kier alpha value is -3.56. The summed E-state index contributed by atoms with van der Waals surface area (Å²) >= 11 is 1.70. The molecule has 9 heteroatoms. The number of aliphatic hydroxyl groups is 1. The number of aryl methyl sites for hydroxylation is 2. The van der Waals surface area contributed by atoms with Gasteiger partial charge in [0, 0.05) is 42.9 Å². The fourth-order valence-electron chi connectivity index (χ4n) is 8.39. The van der Waals surface area contributed by atoms with Crippen LogP contribution in [0.1, 0.15) is 57.1 Å². The van der Waals surface area contributed by atoms with Gasteiger partial charge in [-0.2, -0.15) is 0 Å². The Morgan fingerprint density at radius 1 is 1.00 bits per heavy atom. The van der Waals surface area contributed by atoms with Gasteiger partial charge in [-0.05, 0) is 81.3 Å². The van der Waals surface area contributed by atoms with E-state index in [1.165, 1.54) is 0 Å². The molecule has 3 unspecified atom stereocenters. The molecule has 2 aromatic rings. The average molecular weight is 674 g/mol. The number of hydrogen-bond acceptors (Lipinski definition) is 6. The maximum absolute atomic E-state index is 15.1. The van der Waals surface area contributed by atoms with Crippen molar-refractivity contribution in [2.75, 3.05) is 42.6 Å². The van der Waals surface area contributed by atoms with Crippen LogP contribution in [-0.4, -0.2) is 76.6 Å². The highest BCUT2D eigenvalue weighted by atomic mass is 32.2. The molecule has 3 aliphatic rings. The number of anilines is 2. The number of amides is 3. The molecule has 3 saturated heterocycles. The molecule has 8 nitrogen and oxygen atoms in total. The summed E-state index contributed by atoms with van der Waals surface area (Å²) in [5.74, 6) is -0.702. The molecular weight excluding hydrogens is 623 g/mol. The molecule has 3 fully saturated rings. The number of carbonyl (C=O) groups is 3. The fourth-order valence-corrected chi connectivity index (χ4v) is 10.8. The summed E-state index contributed by atoms with van der Waals surface area (Å²) in [7, 11) is 0. The number of unbranched alkanes of at least 4 members (excludes halogenated alkanes) is 3. The van der Waals surface area contributed by atoms with E-state index in [0.717, 1.165) is 53.9 Å². The Kier molecular flexibility index (Phi) is 11.4. The second-order valence-electron chi connectivity index (χ2n) is 13.4. The third-order valence-corrected chi connectivity index (χ3v) is 12.5. The van der Waals surface area contributed by atoms with E-state index in [1.807, 2.05) is 73.0 Å². The van der Waals surface area contributed by atoms with Gasteiger partial charge >= 0.3 is 0 Å². The molecule has 48 heavy (non-hydrogen) atoms. The third kappa shape index (κ3) is 6.31. The summed E-state index contributed by atoms with van der Waals surface area (Å²) in [5.41, 5.74) is 3.55. The highest BCUT2D eigenvalue weighted by Crippen LogP contribution is 2.69. The topological polar surface area (TPSA) is 90.4 Å². The van der Waals surface area contributed by atoms with E-state index >= 15 is 4.79 Å². The Balaban J connectivity index is 1.56. The Morgan fingerprint density at radius 3 is 2.27 bits per heavy atom. The van der Waals surface area contributed by atoms with Gasteiger partial charge in [0.15, 0.2) is 0 Å². The standard InChI is InChI=1S/C39H51N3O5S/c1-7-21-40(29-17-19-30(20-18-29)47-9-3)36(44)32-31-25-28(6)39(48-31)33(32)37(45)42(23-12-10-11-13-24-43)35(39)38(46)41(22-8-2)34-26(4)15-14-16-27(34)5/h7-8,14-20,28,31-33,35,43H,1-2,9-13,21-25H2,3-6H3/t28?,31-,32+,33-,35?,39?/m0/s1. The van der Waals surface area contributed by atoms with Crippen LogP contribution >= 0.6 is 11.8 Å². The largest absolute Gasteiger partial charge is 0.494 e. The number of carbonyl (C=O) groups excluding carboxylic acids is 3. The van der Waals surface area contributed by atoms with Gasteiger partial charge in [0.25, 0.3) is 5.91 Å². The SMILES string of the molecule is C=CCN(C(=O)[C@@H]1[C@@H]2CC(C)C3(S2)C(C(=O)N(CC=C)c2c(C)cccc2C)N(CCCCCCO)C(=O)[C@H]13)c1ccc(OCC)cc1. The highest BCUT2D eigenvalue weighted by molar-refractivity contribution is 8.02. The lowest BCUT2D eigenvalue weighted by Gasteiger charge is -2.41. The molecule has 3 aliphatic heterocycles. The zero-order chi connectivity index (χ0) is 34.6. The Bertz CT molecular complexity index is 1490. The minimum atomic E-state index is -0.737. The van der Waals surface area contributed by atoms with Gasteiger partial charge in [0.2, 0.25) is 11.8 Å². The van der Waals surface area contributed by atoms with E-state index in [-0.39, 0.29) is 35.5 Å². The average Bonchev–Trinajstić information content (AvgIpc) is 3.66. The second-order valence-corrected chi connectivity index (χ2v) is 14.9. The third-order valence-electron chi connectivity index (χ3n) is 10.4. The van der Waals surface area contributed by atoms with E-state index in [4.69, 9.17) is 4.74 Å². The van der Waals surface area contributed by atoms with Crippen LogP contribution < -0.4 is 14.5 Å². The predicted molar refractivity (Wildman–Crippen MR) is 195 cm³/mol. The second kappa shape index (κ2) is 15.3. The van der Waals surface area contributed by atoms with E-state index in [2.05, 4.69) is 20.1 Å². The number of thioether (sulfide) groups is 1. The number of hydrogen-bond donors (Lipinski definition) is 1. The molecule has 1 N–H and O–H groups in total. The van der Waals surface area contributed by atoms with Crippen LogP contribution in [0.15, 0.2) is 67.8 Å². The summed E-state index contributed by atoms with van der Waals surface area (Å²) in [6.07, 6.45) is 7.34. The zero-order valence-corrected chi connectivity index (χ0v) is 29.7. The van der Waals surface area contributed by atoms with E-state index in [1.54, 1.807) is 28.8 Å². The maximum Gasteiger partial charge on any atom is 0.251 e. The quantitative estimate of drug-likeness (QED) is 0.166. The van der Waals surface area contributed by atoms with Gasteiger partial charge < -0.3 is 24.5 Å². The minimum absolute atomic E-state index is 0.0562. The van der Waals surface area contributed by atoms with Crippen molar-refractivity contribution in [3.05, 3.63) is 78.9 Å². The number of fused-ring (bicyclic) bond motifs is 1. The molecule has 0 aliphatic carbocycles. The first kappa shape index (κ1) is 35.7. The van der Waals surface area contributed by atoms with Gasteiger partial charge in [0.1, 0.15) is 11.8 Å². The van der Waals surface area contributed by atoms with Crippen molar-refractivity contribution in [2.45, 2.75) is 75.8 Å². The van der Waals surface area contributed by atoms with E-state index < -0.39 is 22.6 Å². The Labute approximate surface area is 290 Å². The highest BCUT2D eigenvalue weighted by Gasteiger charge is 2.76. The number of para-hydroxylation sites is 1. The van der Waals surface area contributed by atoms with Crippen LogP contribution in [0.4, 0.5) is 11.4 Å². The smallest absolute Gasteiger partial charge is 0.251 e. The van der Waals surface area contributed by atoms with Crippen LogP contribution in [0.2, 0.25) is 0 Å². The first-order valence-corrected chi connectivity index (χ1v) is 18.3. The molecule has 1 spiro atoms. The summed E-state index contributed by atoms with van der Waals surface area (Å²) in [6.45, 7) is 17.8. The molecule has 3 amide bonds. The number of rotatable bonds is 16. The summed E-state index contributed by atoms with van der Waals surface area (Å²) < 4.78 is 4.90. The molecular formula is C39H51N3O5S. The molecule has 258 valence electrons. The Morgan fingerprint density at radius 2 is 1.65 bits per heavy atom. The summed E-state index contributed by atoms with van der Waals surface area (Å²) in [4.78, 5) is 50.0. The zero-order valence-electron chi connectivity index (χ0n) is 28.9. The molecule has 0 radical (unpaired) electrons. The minimum Gasteiger partial charge on any atom is -0.494 e. The predicted octanol–water partition coefficient (Wildman–Crippen LogP) is 6.33. The van der Waals surface area contributed by atoms with Gasteiger partial charge in [-0.1, -0.05) is 50.1 Å². The molecule has 2 aromatic carbocycles. The normalized spacial score (nSPS) is 25.6. The van der Waals surface area contributed by atoms with Crippen LogP contribution in [0, 0.1) is 31.6 Å². The maximum atomic E-state index is 15.1. The van der Waals surface area contributed by atoms with Gasteiger partial charge in [-0.15, -0.1) is 24.9 Å². The van der Waals surface area contributed by atoms with Crippen LogP contribution in [0.3, 0.4) is 0 Å². The lowest BCUT2D eigenvalue weighted by Crippen LogP contribution is -2.58. The molecule has 3 heterocycles. The van der Waals surface area contributed by atoms with Crippen LogP contribution in [0.5, 0.6) is 5.75 Å². The van der Waals surface area contributed by atoms with Crippen LogP contribution in [-0.2, 0) is 14.4 Å². The van der Waals surface area contributed by atoms with Crippen molar-refractivity contribution < 1.29 is 24.2 Å². The number of nitrogens with zero attached hydrogens (tertiary/aromatic N) is 3. The van der Waals surface area contributed by atoms with Gasteiger partial charge in [-0.25, -0.2) is 0 Å². The van der Waals surface area contributed by atoms with Crippen molar-refractivity contribution in [3.63, 3.8) is 0 Å². The van der Waals surface area contributed by atoms with Crippen LogP contribution in [0.25, 0.3) is 0 Å². The monoisotopic (exact) mass is 673 g/mol. The number of ether oxygens (including phenoxy) is 1. The van der Waals surface area contributed by atoms with Crippen molar-refractivity contribution in [3.8, 4) is 5.75 Å². The molecule has 6 atom stereocenters. The summed E-state index contributed by atoms with van der Waals surface area (Å²) in [6, 6.07) is 12.8. The van der Waals surface area contributed by atoms with Gasteiger partial charge in [-0.3, -0.25) is 14.4 Å². The molecule has 0 aromatic heterocycles. The molecule has 5 rings (SSSR count). The van der Waals surface area contributed by atoms with Crippen molar-refractivity contribution in [1.29, 1.82) is 0 Å². The van der Waals surface area contributed by atoms with Gasteiger partial charge in [0.05, 0.1) is 23.2 Å². The lowest BCUT2D eigenvalue weighted by atomic mass is 9.65. The number of aliphatic hydroxyl groups excluding tert-OH is 1. The molecule has 2 bridgehead atoms. The van der Waals surface area contributed by atoms with E-state index in [9.17, 15) is 14.7 Å². The lowest BCUT2D eigenvalue weighted by molar-refractivity contribution is -0.139. The number of benzene rings is 2. The number of likely N-dealkylation sites (tertiary alicyclic amines) is 1. The van der Waals surface area contributed by atoms with Crippen molar-refractivity contribution in [1.82, 2.24) is 4.90 Å². The van der Waals surface area contributed by atoms with Crippen molar-refractivity contribution in [2.24, 2.45) is 17.8 Å². The summed E-state index contributed by atoms with van der Waals surface area (Å²) in [5, 5.41) is 9.24. The van der Waals surface area contributed by atoms with E-state index in [0.29, 0.717) is 32.7 Å².